The van der Waals surface area contributed by atoms with Crippen molar-refractivity contribution in [2.45, 2.75) is 52.4 Å². The minimum absolute atomic E-state index is 0.0608. The van der Waals surface area contributed by atoms with Crippen molar-refractivity contribution in [3.8, 4) is 0 Å². The summed E-state index contributed by atoms with van der Waals surface area (Å²) >= 11 is 0. The molecule has 1 aromatic rings. The highest BCUT2D eigenvalue weighted by Gasteiger charge is 2.43. The summed E-state index contributed by atoms with van der Waals surface area (Å²) in [6.07, 6.45) is 5.92. The number of methoxy groups -OCH3 is 1. The van der Waals surface area contributed by atoms with E-state index in [0.717, 1.165) is 46.4 Å². The van der Waals surface area contributed by atoms with E-state index in [0.29, 0.717) is 6.54 Å². The molecule has 1 N–H and O–H groups in total. The zero-order valence-electron chi connectivity index (χ0n) is 17.6. The lowest BCUT2D eigenvalue weighted by atomic mass is 9.86. The van der Waals surface area contributed by atoms with Gasteiger partial charge in [0.05, 0.1) is 7.11 Å². The van der Waals surface area contributed by atoms with Crippen molar-refractivity contribution in [1.82, 2.24) is 5.32 Å². The molecule has 1 aromatic carbocycles. The summed E-state index contributed by atoms with van der Waals surface area (Å²) in [6, 6.07) is 4.01. The van der Waals surface area contributed by atoms with Crippen LogP contribution in [0.1, 0.15) is 53.9 Å². The lowest BCUT2D eigenvalue weighted by Crippen LogP contribution is -2.29. The van der Waals surface area contributed by atoms with Gasteiger partial charge in [0, 0.05) is 25.3 Å². The van der Waals surface area contributed by atoms with Gasteiger partial charge in [-0.3, -0.25) is 14.4 Å². The summed E-state index contributed by atoms with van der Waals surface area (Å²) in [5.41, 5.74) is 4.95. The van der Waals surface area contributed by atoms with Gasteiger partial charge in [-0.2, -0.15) is 0 Å². The molecule has 0 saturated heterocycles. The van der Waals surface area contributed by atoms with Crippen LogP contribution in [0.3, 0.4) is 0 Å². The molecule has 5 nitrogen and oxygen atoms in total. The van der Waals surface area contributed by atoms with Gasteiger partial charge in [0.1, 0.15) is 17.5 Å². The SMILES string of the molecule is COC1=CCCC(CNC(=O)CC2CC(=O)C(c3c(C)cc(C)cc3C)C2=O)=C1. The number of allylic oxidation sites excluding steroid dienone is 2. The third-order valence-electron chi connectivity index (χ3n) is 5.82. The highest BCUT2D eigenvalue weighted by molar-refractivity contribution is 6.15. The molecule has 3 rings (SSSR count). The Bertz CT molecular complexity index is 886. The maximum Gasteiger partial charge on any atom is 0.220 e. The molecule has 29 heavy (non-hydrogen) atoms. The predicted octanol–water partition coefficient (Wildman–Crippen LogP) is 3.61. The molecule has 0 bridgehead atoms. The first-order chi connectivity index (χ1) is 13.8. The van der Waals surface area contributed by atoms with Gasteiger partial charge in [-0.15, -0.1) is 0 Å². The summed E-state index contributed by atoms with van der Waals surface area (Å²) in [4.78, 5) is 38.1. The van der Waals surface area contributed by atoms with Gasteiger partial charge < -0.3 is 10.1 Å². The summed E-state index contributed by atoms with van der Waals surface area (Å²) in [5.74, 6) is -0.854. The smallest absolute Gasteiger partial charge is 0.220 e. The van der Waals surface area contributed by atoms with E-state index >= 15 is 0 Å². The number of hydrogen-bond acceptors (Lipinski definition) is 4. The van der Waals surface area contributed by atoms with Crippen molar-refractivity contribution in [2.75, 3.05) is 13.7 Å². The number of ether oxygens (including phenoxy) is 1. The van der Waals surface area contributed by atoms with Crippen LogP contribution in [0.4, 0.5) is 0 Å². The molecule has 154 valence electrons. The van der Waals surface area contributed by atoms with E-state index in [2.05, 4.69) is 5.32 Å². The van der Waals surface area contributed by atoms with E-state index in [1.165, 1.54) is 0 Å². The Morgan fingerprint density at radius 1 is 1.17 bits per heavy atom. The molecule has 1 saturated carbocycles. The number of carbonyl (C=O) groups is 3. The number of ketones is 2. The molecule has 2 unspecified atom stereocenters. The van der Waals surface area contributed by atoms with Crippen LogP contribution in [-0.4, -0.2) is 31.1 Å². The second-order valence-electron chi connectivity index (χ2n) is 8.15. The maximum atomic E-state index is 13.0. The molecular weight excluding hydrogens is 366 g/mol. The third kappa shape index (κ3) is 4.66. The molecule has 0 aromatic heterocycles. The van der Waals surface area contributed by atoms with Gasteiger partial charge in [0.2, 0.25) is 5.91 Å². The summed E-state index contributed by atoms with van der Waals surface area (Å²) in [6.45, 7) is 6.32. The Balaban J connectivity index is 1.64. The second kappa shape index (κ2) is 8.76. The van der Waals surface area contributed by atoms with Crippen LogP contribution in [0.25, 0.3) is 0 Å². The lowest BCUT2D eigenvalue weighted by molar-refractivity contribution is -0.128. The molecule has 0 aliphatic heterocycles. The molecule has 5 heteroatoms. The van der Waals surface area contributed by atoms with Gasteiger partial charge in [-0.1, -0.05) is 17.7 Å². The second-order valence-corrected chi connectivity index (χ2v) is 8.15. The minimum atomic E-state index is -0.733. The Morgan fingerprint density at radius 3 is 2.52 bits per heavy atom. The van der Waals surface area contributed by atoms with Gasteiger partial charge in [0.15, 0.2) is 5.78 Å². The highest BCUT2D eigenvalue weighted by Crippen LogP contribution is 2.37. The molecular formula is C24H29NO4. The van der Waals surface area contributed by atoms with Crippen molar-refractivity contribution < 1.29 is 19.1 Å². The first kappa shape index (κ1) is 21.0. The number of Topliss-reactive ketones (excluding diaryl/α,β-unsaturated/α-hetero) is 2. The fourth-order valence-corrected chi connectivity index (χ4v) is 4.50. The topological polar surface area (TPSA) is 72.5 Å². The van der Waals surface area contributed by atoms with Crippen LogP contribution in [0, 0.1) is 26.7 Å². The number of hydrogen-bond donors (Lipinski definition) is 1. The predicted molar refractivity (Wildman–Crippen MR) is 112 cm³/mol. The first-order valence-electron chi connectivity index (χ1n) is 10.1. The van der Waals surface area contributed by atoms with E-state index in [4.69, 9.17) is 4.74 Å². The molecule has 0 heterocycles. The largest absolute Gasteiger partial charge is 0.497 e. The van der Waals surface area contributed by atoms with Crippen LogP contribution in [0.15, 0.2) is 35.6 Å². The number of nitrogens with one attached hydrogen (secondary N) is 1. The van der Waals surface area contributed by atoms with Gasteiger partial charge in [-0.25, -0.2) is 0 Å². The molecule has 2 aliphatic rings. The number of carbonyl (C=O) groups excluding carboxylic acids is 3. The van der Waals surface area contributed by atoms with Crippen molar-refractivity contribution >= 4 is 17.5 Å². The van der Waals surface area contributed by atoms with E-state index < -0.39 is 11.8 Å². The fraction of sp³-hybridized carbons (Fsp3) is 0.458. The van der Waals surface area contributed by atoms with E-state index in [-0.39, 0.29) is 30.3 Å². The van der Waals surface area contributed by atoms with E-state index in [1.807, 2.05) is 45.1 Å². The quantitative estimate of drug-likeness (QED) is 0.747. The number of aryl methyl sites for hydroxylation is 3. The summed E-state index contributed by atoms with van der Waals surface area (Å²) in [5, 5.41) is 2.89. The Morgan fingerprint density at radius 2 is 1.86 bits per heavy atom. The zero-order chi connectivity index (χ0) is 21.1. The molecule has 2 atom stereocenters. The number of rotatable bonds is 6. The Kier molecular flexibility index (Phi) is 6.36. The van der Waals surface area contributed by atoms with Gasteiger partial charge in [0.25, 0.3) is 0 Å². The number of amides is 1. The van der Waals surface area contributed by atoms with Crippen molar-refractivity contribution in [3.63, 3.8) is 0 Å². The summed E-state index contributed by atoms with van der Waals surface area (Å²) in [7, 11) is 1.63. The third-order valence-corrected chi connectivity index (χ3v) is 5.82. The molecule has 0 radical (unpaired) electrons. The average molecular weight is 395 g/mol. The van der Waals surface area contributed by atoms with Gasteiger partial charge in [-0.05, 0) is 68.0 Å². The fourth-order valence-electron chi connectivity index (χ4n) is 4.50. The standard InChI is InChI=1S/C24H29NO4/c1-14-8-15(2)22(16(3)9-14)23-20(26)11-18(24(23)28)12-21(27)25-13-17-6-5-7-19(10-17)29-4/h7-10,18,23H,5-6,11-13H2,1-4H3,(H,25,27). The van der Waals surface area contributed by atoms with E-state index in [9.17, 15) is 14.4 Å². The maximum absolute atomic E-state index is 13.0. The Hall–Kier alpha value is -2.69. The zero-order valence-corrected chi connectivity index (χ0v) is 17.6. The molecule has 1 amide bonds. The van der Waals surface area contributed by atoms with Crippen molar-refractivity contribution in [3.05, 3.63) is 57.9 Å². The Labute approximate surface area is 172 Å². The molecule has 0 spiro atoms. The van der Waals surface area contributed by atoms with E-state index in [1.54, 1.807) is 7.11 Å². The highest BCUT2D eigenvalue weighted by atomic mass is 16.5. The normalized spacial score (nSPS) is 21.7. The van der Waals surface area contributed by atoms with Gasteiger partial charge >= 0.3 is 0 Å². The van der Waals surface area contributed by atoms with Crippen LogP contribution >= 0.6 is 0 Å². The van der Waals surface area contributed by atoms with Crippen LogP contribution in [0.2, 0.25) is 0 Å². The van der Waals surface area contributed by atoms with Crippen LogP contribution < -0.4 is 5.32 Å². The monoisotopic (exact) mass is 395 g/mol. The van der Waals surface area contributed by atoms with Crippen molar-refractivity contribution in [1.29, 1.82) is 0 Å². The number of benzene rings is 1. The summed E-state index contributed by atoms with van der Waals surface area (Å²) < 4.78 is 5.23. The van der Waals surface area contributed by atoms with Crippen LogP contribution in [-0.2, 0) is 19.1 Å². The first-order valence-corrected chi connectivity index (χ1v) is 10.1. The van der Waals surface area contributed by atoms with Crippen molar-refractivity contribution in [2.24, 2.45) is 5.92 Å². The molecule has 1 fully saturated rings. The average Bonchev–Trinajstić information content (AvgIpc) is 2.93. The molecule has 2 aliphatic carbocycles. The minimum Gasteiger partial charge on any atom is -0.497 e. The lowest BCUT2D eigenvalue weighted by Gasteiger charge is -2.17. The van der Waals surface area contributed by atoms with Crippen LogP contribution in [0.5, 0.6) is 0 Å².